The highest BCUT2D eigenvalue weighted by Crippen LogP contribution is 2.26. The maximum atomic E-state index is 12.5. The van der Waals surface area contributed by atoms with Crippen molar-refractivity contribution in [2.45, 2.75) is 19.8 Å². The van der Waals surface area contributed by atoms with E-state index in [1.54, 1.807) is 6.92 Å². The lowest BCUT2D eigenvalue weighted by Crippen LogP contribution is -2.00. The first-order chi connectivity index (χ1) is 6.56. The first-order valence-corrected chi connectivity index (χ1v) is 4.95. The second-order valence-corrected chi connectivity index (χ2v) is 3.82. The summed E-state index contributed by atoms with van der Waals surface area (Å²) >= 11 is 1.84. The molecule has 1 heterocycles. The van der Waals surface area contributed by atoms with Crippen molar-refractivity contribution in [2.75, 3.05) is 0 Å². The molecule has 5 heteroatoms. The zero-order valence-corrected chi connectivity index (χ0v) is 9.55. The monoisotopic (exact) mass is 308 g/mol. The van der Waals surface area contributed by atoms with Gasteiger partial charge in [-0.3, -0.25) is 4.98 Å². The third kappa shape index (κ3) is 2.38. The Bertz CT molecular complexity index is 385. The Morgan fingerprint density at radius 1 is 1.64 bits per heavy atom. The smallest absolute Gasteiger partial charge is 0.256 e. The zero-order chi connectivity index (χ0) is 10.7. The van der Waals surface area contributed by atoms with Crippen LogP contribution in [0, 0.1) is 21.8 Å². The van der Waals surface area contributed by atoms with Crippen LogP contribution in [0.15, 0.2) is 6.07 Å². The van der Waals surface area contributed by atoms with Gasteiger partial charge in [0, 0.05) is 9.13 Å². The average molecular weight is 308 g/mol. The predicted molar refractivity (Wildman–Crippen MR) is 56.0 cm³/mol. The van der Waals surface area contributed by atoms with Crippen molar-refractivity contribution in [3.63, 3.8) is 0 Å². The molecular weight excluding hydrogens is 301 g/mol. The standard InChI is InChI=1S/C9H7F2IN2/c1-5-8(12)7(9(10)11)4-6(14-5)2-3-13/h4,9H,2H2,1H3. The molecule has 2 nitrogen and oxygen atoms in total. The van der Waals surface area contributed by atoms with Crippen LogP contribution in [0.25, 0.3) is 0 Å². The number of hydrogen-bond donors (Lipinski definition) is 0. The molecule has 0 fully saturated rings. The van der Waals surface area contributed by atoms with Gasteiger partial charge in [0.2, 0.25) is 0 Å². The van der Waals surface area contributed by atoms with Gasteiger partial charge in [0.1, 0.15) is 0 Å². The molecular formula is C9H7F2IN2. The lowest BCUT2D eigenvalue weighted by molar-refractivity contribution is 0.150. The summed E-state index contributed by atoms with van der Waals surface area (Å²) in [5, 5.41) is 8.43. The quantitative estimate of drug-likeness (QED) is 0.788. The van der Waals surface area contributed by atoms with E-state index in [4.69, 9.17) is 5.26 Å². The van der Waals surface area contributed by atoms with Gasteiger partial charge < -0.3 is 0 Å². The fourth-order valence-corrected chi connectivity index (χ4v) is 1.59. The van der Waals surface area contributed by atoms with Crippen LogP contribution in [0.5, 0.6) is 0 Å². The molecule has 0 bridgehead atoms. The van der Waals surface area contributed by atoms with Crippen LogP contribution in [0.1, 0.15) is 23.4 Å². The van der Waals surface area contributed by atoms with Crippen molar-refractivity contribution in [1.29, 1.82) is 5.26 Å². The van der Waals surface area contributed by atoms with E-state index in [2.05, 4.69) is 4.98 Å². The summed E-state index contributed by atoms with van der Waals surface area (Å²) < 4.78 is 25.5. The number of aromatic nitrogens is 1. The van der Waals surface area contributed by atoms with E-state index in [1.807, 2.05) is 28.7 Å². The van der Waals surface area contributed by atoms with Gasteiger partial charge in [0.05, 0.1) is 23.9 Å². The van der Waals surface area contributed by atoms with Gasteiger partial charge in [-0.25, -0.2) is 8.78 Å². The molecule has 0 radical (unpaired) electrons. The molecule has 0 atom stereocenters. The Morgan fingerprint density at radius 2 is 2.29 bits per heavy atom. The van der Waals surface area contributed by atoms with Gasteiger partial charge in [-0.15, -0.1) is 0 Å². The SMILES string of the molecule is Cc1nc(CC#N)cc(C(F)F)c1I. The summed E-state index contributed by atoms with van der Waals surface area (Å²) in [6.45, 7) is 1.66. The molecule has 14 heavy (non-hydrogen) atoms. The number of nitriles is 1. The Kier molecular flexibility index (Phi) is 3.75. The van der Waals surface area contributed by atoms with Crippen molar-refractivity contribution >= 4 is 22.6 Å². The van der Waals surface area contributed by atoms with E-state index in [1.165, 1.54) is 6.07 Å². The minimum atomic E-state index is -2.51. The number of pyridine rings is 1. The number of hydrogen-bond acceptors (Lipinski definition) is 2. The maximum absolute atomic E-state index is 12.5. The van der Waals surface area contributed by atoms with E-state index < -0.39 is 6.43 Å². The van der Waals surface area contributed by atoms with Gasteiger partial charge in [-0.2, -0.15) is 5.26 Å². The lowest BCUT2D eigenvalue weighted by atomic mass is 10.2. The van der Waals surface area contributed by atoms with Crippen LogP contribution in [0.4, 0.5) is 8.78 Å². The van der Waals surface area contributed by atoms with Crippen molar-refractivity contribution < 1.29 is 8.78 Å². The van der Waals surface area contributed by atoms with Gasteiger partial charge >= 0.3 is 0 Å². The normalized spacial score (nSPS) is 10.3. The first-order valence-electron chi connectivity index (χ1n) is 3.87. The topological polar surface area (TPSA) is 36.7 Å². The first kappa shape index (κ1) is 11.3. The number of aryl methyl sites for hydroxylation is 1. The van der Waals surface area contributed by atoms with Gasteiger partial charge in [0.25, 0.3) is 6.43 Å². The second kappa shape index (κ2) is 4.64. The summed E-state index contributed by atoms with van der Waals surface area (Å²) in [5.74, 6) is 0. The summed E-state index contributed by atoms with van der Waals surface area (Å²) in [6, 6.07) is 3.18. The zero-order valence-electron chi connectivity index (χ0n) is 7.39. The molecule has 0 saturated heterocycles. The van der Waals surface area contributed by atoms with E-state index >= 15 is 0 Å². The summed E-state index contributed by atoms with van der Waals surface area (Å²) in [7, 11) is 0. The number of alkyl halides is 2. The molecule has 0 spiro atoms. The van der Waals surface area contributed by atoms with E-state index in [0.717, 1.165) is 0 Å². The Balaban J connectivity index is 3.22. The van der Waals surface area contributed by atoms with Crippen LogP contribution >= 0.6 is 22.6 Å². The van der Waals surface area contributed by atoms with Gasteiger partial charge in [-0.1, -0.05) is 0 Å². The van der Waals surface area contributed by atoms with Gasteiger partial charge in [-0.05, 0) is 35.6 Å². The van der Waals surface area contributed by atoms with Crippen molar-refractivity contribution in [1.82, 2.24) is 4.98 Å². The van der Waals surface area contributed by atoms with Crippen LogP contribution in [-0.4, -0.2) is 4.98 Å². The fraction of sp³-hybridized carbons (Fsp3) is 0.333. The molecule has 0 saturated carbocycles. The van der Waals surface area contributed by atoms with Crippen LogP contribution in [0.3, 0.4) is 0 Å². The van der Waals surface area contributed by atoms with Gasteiger partial charge in [0.15, 0.2) is 0 Å². The number of halogens is 3. The third-order valence-electron chi connectivity index (χ3n) is 1.70. The molecule has 0 unspecified atom stereocenters. The lowest BCUT2D eigenvalue weighted by Gasteiger charge is -2.07. The minimum Gasteiger partial charge on any atom is -0.256 e. The molecule has 1 rings (SSSR count). The predicted octanol–water partition coefficient (Wildman–Crippen LogP) is 3.00. The molecule has 0 aromatic carbocycles. The van der Waals surface area contributed by atoms with Crippen LogP contribution < -0.4 is 0 Å². The molecule has 0 amide bonds. The fourth-order valence-electron chi connectivity index (χ4n) is 1.08. The Labute approximate surface area is 94.1 Å². The van der Waals surface area contributed by atoms with E-state index in [9.17, 15) is 8.78 Å². The maximum Gasteiger partial charge on any atom is 0.265 e. The Morgan fingerprint density at radius 3 is 2.79 bits per heavy atom. The van der Waals surface area contributed by atoms with Crippen molar-refractivity contribution in [3.05, 3.63) is 26.6 Å². The summed E-state index contributed by atoms with van der Waals surface area (Å²) in [4.78, 5) is 4.04. The van der Waals surface area contributed by atoms with E-state index in [0.29, 0.717) is 15.0 Å². The summed E-state index contributed by atoms with van der Waals surface area (Å²) in [6.07, 6.45) is -2.45. The third-order valence-corrected chi connectivity index (χ3v) is 3.10. The van der Waals surface area contributed by atoms with Crippen LogP contribution in [0.2, 0.25) is 0 Å². The average Bonchev–Trinajstić information content (AvgIpc) is 2.11. The minimum absolute atomic E-state index is 0.0386. The summed E-state index contributed by atoms with van der Waals surface area (Å²) in [5.41, 5.74) is 0.915. The molecule has 0 aliphatic heterocycles. The van der Waals surface area contributed by atoms with Crippen molar-refractivity contribution in [2.24, 2.45) is 0 Å². The van der Waals surface area contributed by atoms with Crippen molar-refractivity contribution in [3.8, 4) is 6.07 Å². The van der Waals surface area contributed by atoms with E-state index in [-0.39, 0.29) is 12.0 Å². The highest BCUT2D eigenvalue weighted by molar-refractivity contribution is 14.1. The highest BCUT2D eigenvalue weighted by atomic mass is 127. The largest absolute Gasteiger partial charge is 0.265 e. The molecule has 0 N–H and O–H groups in total. The molecule has 74 valence electrons. The Hall–Kier alpha value is -0.770. The molecule has 1 aromatic heterocycles. The second-order valence-electron chi connectivity index (χ2n) is 2.74. The molecule has 0 aliphatic carbocycles. The number of rotatable bonds is 2. The molecule has 0 aliphatic rings. The number of nitrogens with zero attached hydrogens (tertiary/aromatic N) is 2. The molecule has 1 aromatic rings. The van der Waals surface area contributed by atoms with Crippen LogP contribution in [-0.2, 0) is 6.42 Å². The highest BCUT2D eigenvalue weighted by Gasteiger charge is 2.15.